The summed E-state index contributed by atoms with van der Waals surface area (Å²) in [5, 5.41) is 28.1. The molecule has 0 fully saturated rings. The van der Waals surface area contributed by atoms with E-state index in [1.807, 2.05) is 0 Å². The van der Waals surface area contributed by atoms with Gasteiger partial charge < -0.3 is 15.1 Å². The Kier molecular flexibility index (Phi) is 3.85. The molecule has 2 aromatic rings. The fraction of sp³-hybridized carbons (Fsp3) is 0.364. The number of aromatic nitrogens is 3. The van der Waals surface area contributed by atoms with E-state index in [0.29, 0.717) is 16.6 Å². The third-order valence-corrected chi connectivity index (χ3v) is 2.59. The molecule has 0 atom stereocenters. The van der Waals surface area contributed by atoms with E-state index in [9.17, 15) is 4.79 Å². The van der Waals surface area contributed by atoms with Crippen molar-refractivity contribution in [2.75, 3.05) is 26.3 Å². The first-order chi connectivity index (χ1) is 8.76. The normalized spacial score (nSPS) is 10.8. The van der Waals surface area contributed by atoms with Crippen LogP contribution >= 0.6 is 0 Å². The Morgan fingerprint density at radius 2 is 1.83 bits per heavy atom. The third kappa shape index (κ3) is 2.47. The van der Waals surface area contributed by atoms with Gasteiger partial charge in [-0.25, -0.2) is 0 Å². The van der Waals surface area contributed by atoms with E-state index < -0.39 is 0 Å². The molecule has 0 aliphatic carbocycles. The summed E-state index contributed by atoms with van der Waals surface area (Å²) < 4.78 is 0. The molecule has 1 aromatic heterocycles. The van der Waals surface area contributed by atoms with Crippen LogP contribution in [0.2, 0.25) is 0 Å². The molecule has 0 bridgehead atoms. The molecule has 1 heterocycles. The fourth-order valence-electron chi connectivity index (χ4n) is 1.71. The first-order valence-corrected chi connectivity index (χ1v) is 5.58. The van der Waals surface area contributed by atoms with Crippen molar-refractivity contribution in [3.63, 3.8) is 0 Å². The lowest BCUT2D eigenvalue weighted by molar-refractivity contribution is 0.0685. The van der Waals surface area contributed by atoms with Crippen molar-refractivity contribution in [3.05, 3.63) is 23.8 Å². The van der Waals surface area contributed by atoms with Gasteiger partial charge in [-0.2, -0.15) is 15.4 Å². The van der Waals surface area contributed by atoms with Crippen LogP contribution < -0.4 is 0 Å². The molecule has 0 unspecified atom stereocenters. The first-order valence-electron chi connectivity index (χ1n) is 5.58. The van der Waals surface area contributed by atoms with Crippen molar-refractivity contribution in [2.24, 2.45) is 0 Å². The average molecular weight is 250 g/mol. The van der Waals surface area contributed by atoms with E-state index in [4.69, 9.17) is 10.2 Å². The highest BCUT2D eigenvalue weighted by atomic mass is 16.3. The standard InChI is InChI=1S/C11H14N4O3/c16-5-3-15(4-6-17)11(18)8-1-2-9-10(7-8)13-14-12-9/h1-2,7,16-17H,3-6H2,(H,12,13,14). The number of aromatic amines is 1. The molecular weight excluding hydrogens is 236 g/mol. The lowest BCUT2D eigenvalue weighted by atomic mass is 10.1. The Morgan fingerprint density at radius 3 is 2.50 bits per heavy atom. The highest BCUT2D eigenvalue weighted by molar-refractivity contribution is 5.97. The molecule has 0 spiro atoms. The number of nitrogens with zero attached hydrogens (tertiary/aromatic N) is 3. The van der Waals surface area contributed by atoms with Gasteiger partial charge in [0.15, 0.2) is 0 Å². The summed E-state index contributed by atoms with van der Waals surface area (Å²) in [5.41, 5.74) is 1.74. The van der Waals surface area contributed by atoms with Gasteiger partial charge in [-0.05, 0) is 18.2 Å². The van der Waals surface area contributed by atoms with Gasteiger partial charge in [0.05, 0.1) is 13.2 Å². The molecule has 18 heavy (non-hydrogen) atoms. The number of benzene rings is 1. The van der Waals surface area contributed by atoms with Gasteiger partial charge >= 0.3 is 0 Å². The Labute approximate surface area is 103 Å². The number of H-pyrrole nitrogens is 1. The number of fused-ring (bicyclic) bond motifs is 1. The number of hydrogen-bond donors (Lipinski definition) is 3. The van der Waals surface area contributed by atoms with E-state index in [1.54, 1.807) is 18.2 Å². The fourth-order valence-corrected chi connectivity index (χ4v) is 1.71. The third-order valence-electron chi connectivity index (χ3n) is 2.59. The number of aliphatic hydroxyl groups excluding tert-OH is 2. The minimum atomic E-state index is -0.247. The van der Waals surface area contributed by atoms with E-state index in [-0.39, 0.29) is 32.2 Å². The molecule has 2 rings (SSSR count). The lowest BCUT2D eigenvalue weighted by Crippen LogP contribution is -2.35. The van der Waals surface area contributed by atoms with E-state index in [2.05, 4.69) is 15.4 Å². The lowest BCUT2D eigenvalue weighted by Gasteiger charge is -2.20. The number of carbonyl (C=O) groups is 1. The van der Waals surface area contributed by atoms with E-state index in [0.717, 1.165) is 0 Å². The first kappa shape index (κ1) is 12.5. The summed E-state index contributed by atoms with van der Waals surface area (Å²) in [7, 11) is 0. The summed E-state index contributed by atoms with van der Waals surface area (Å²) in [5.74, 6) is -0.247. The zero-order chi connectivity index (χ0) is 13.0. The predicted octanol–water partition coefficient (Wildman–Crippen LogP) is -0.615. The zero-order valence-corrected chi connectivity index (χ0v) is 9.70. The molecule has 3 N–H and O–H groups in total. The second kappa shape index (κ2) is 5.56. The molecule has 1 aromatic carbocycles. The molecule has 0 radical (unpaired) electrons. The Morgan fingerprint density at radius 1 is 1.17 bits per heavy atom. The molecule has 0 saturated heterocycles. The maximum atomic E-state index is 12.1. The summed E-state index contributed by atoms with van der Waals surface area (Å²) in [6.07, 6.45) is 0. The summed E-state index contributed by atoms with van der Waals surface area (Å²) >= 11 is 0. The Balaban J connectivity index is 2.24. The largest absolute Gasteiger partial charge is 0.395 e. The van der Waals surface area contributed by atoms with Crippen LogP contribution in [-0.4, -0.2) is 62.7 Å². The number of hydrogen-bond acceptors (Lipinski definition) is 5. The van der Waals surface area contributed by atoms with Crippen LogP contribution in [0.25, 0.3) is 11.0 Å². The summed E-state index contributed by atoms with van der Waals surface area (Å²) in [6, 6.07) is 4.97. The highest BCUT2D eigenvalue weighted by Gasteiger charge is 2.15. The Hall–Kier alpha value is -1.99. The smallest absolute Gasteiger partial charge is 0.254 e. The van der Waals surface area contributed by atoms with Crippen LogP contribution in [0.4, 0.5) is 0 Å². The van der Waals surface area contributed by atoms with Crippen LogP contribution in [0.5, 0.6) is 0 Å². The van der Waals surface area contributed by atoms with Gasteiger partial charge in [0.25, 0.3) is 5.91 Å². The molecule has 0 saturated carbocycles. The second-order valence-corrected chi connectivity index (χ2v) is 3.77. The van der Waals surface area contributed by atoms with Crippen LogP contribution in [0.1, 0.15) is 10.4 Å². The molecule has 7 nitrogen and oxygen atoms in total. The number of aliphatic hydroxyl groups is 2. The number of amides is 1. The second-order valence-electron chi connectivity index (χ2n) is 3.77. The monoisotopic (exact) mass is 250 g/mol. The predicted molar refractivity (Wildman–Crippen MR) is 64.0 cm³/mol. The van der Waals surface area contributed by atoms with Crippen molar-refractivity contribution in [1.82, 2.24) is 20.3 Å². The Bertz CT molecular complexity index is 534. The van der Waals surface area contributed by atoms with Gasteiger partial charge in [-0.1, -0.05) is 0 Å². The van der Waals surface area contributed by atoms with Crippen molar-refractivity contribution in [1.29, 1.82) is 0 Å². The van der Waals surface area contributed by atoms with Gasteiger partial charge in [0.2, 0.25) is 0 Å². The van der Waals surface area contributed by atoms with Gasteiger partial charge in [-0.15, -0.1) is 0 Å². The van der Waals surface area contributed by atoms with E-state index >= 15 is 0 Å². The minimum Gasteiger partial charge on any atom is -0.395 e. The van der Waals surface area contributed by atoms with Crippen LogP contribution in [0.15, 0.2) is 18.2 Å². The SMILES string of the molecule is O=C(c1ccc2n[nH]nc2c1)N(CCO)CCO. The zero-order valence-electron chi connectivity index (χ0n) is 9.70. The molecule has 7 heteroatoms. The number of rotatable bonds is 5. The molecule has 0 aliphatic rings. The van der Waals surface area contributed by atoms with Crippen LogP contribution in [-0.2, 0) is 0 Å². The van der Waals surface area contributed by atoms with Crippen molar-refractivity contribution in [3.8, 4) is 0 Å². The maximum absolute atomic E-state index is 12.1. The van der Waals surface area contributed by atoms with Crippen LogP contribution in [0.3, 0.4) is 0 Å². The van der Waals surface area contributed by atoms with Crippen molar-refractivity contribution < 1.29 is 15.0 Å². The van der Waals surface area contributed by atoms with E-state index in [1.165, 1.54) is 4.90 Å². The van der Waals surface area contributed by atoms with Crippen molar-refractivity contribution in [2.45, 2.75) is 0 Å². The number of carbonyl (C=O) groups excluding carboxylic acids is 1. The molecule has 96 valence electrons. The quantitative estimate of drug-likeness (QED) is 0.656. The van der Waals surface area contributed by atoms with Gasteiger partial charge in [-0.3, -0.25) is 4.79 Å². The van der Waals surface area contributed by atoms with Crippen molar-refractivity contribution >= 4 is 16.9 Å². The molecule has 0 aliphatic heterocycles. The van der Waals surface area contributed by atoms with Gasteiger partial charge in [0.1, 0.15) is 11.0 Å². The number of nitrogens with one attached hydrogen (secondary N) is 1. The topological polar surface area (TPSA) is 102 Å². The molecule has 1 amide bonds. The highest BCUT2D eigenvalue weighted by Crippen LogP contribution is 2.12. The van der Waals surface area contributed by atoms with Gasteiger partial charge in [0, 0.05) is 18.7 Å². The van der Waals surface area contributed by atoms with Crippen LogP contribution in [0, 0.1) is 0 Å². The average Bonchev–Trinajstić information content (AvgIpc) is 2.84. The molecular formula is C11H14N4O3. The minimum absolute atomic E-state index is 0.141. The summed E-state index contributed by atoms with van der Waals surface area (Å²) in [4.78, 5) is 13.5. The maximum Gasteiger partial charge on any atom is 0.254 e. The summed E-state index contributed by atoms with van der Waals surface area (Å²) in [6.45, 7) is 0.0996.